The van der Waals surface area contributed by atoms with Crippen LogP contribution >= 0.6 is 67.8 Å². The van der Waals surface area contributed by atoms with Crippen molar-refractivity contribution in [1.82, 2.24) is 0 Å². The molecule has 1 amide bonds. The molecule has 0 aromatic heterocycles. The Morgan fingerprint density at radius 1 is 1.00 bits per heavy atom. The van der Waals surface area contributed by atoms with Gasteiger partial charge in [-0.2, -0.15) is 0 Å². The van der Waals surface area contributed by atoms with Gasteiger partial charge < -0.3 is 20.8 Å². The van der Waals surface area contributed by atoms with Gasteiger partial charge >= 0.3 is 11.9 Å². The molecular formula is C11H9I3N2O5. The van der Waals surface area contributed by atoms with E-state index in [4.69, 9.17) is 5.73 Å². The molecule has 0 atom stereocenters. The van der Waals surface area contributed by atoms with Gasteiger partial charge in [-0.25, -0.2) is 9.59 Å². The second-order valence-electron chi connectivity index (χ2n) is 3.81. The second-order valence-corrected chi connectivity index (χ2v) is 7.04. The van der Waals surface area contributed by atoms with Crippen molar-refractivity contribution in [2.24, 2.45) is 5.73 Å². The van der Waals surface area contributed by atoms with Gasteiger partial charge in [-0.15, -0.1) is 0 Å². The monoisotopic (exact) mass is 630 g/mol. The van der Waals surface area contributed by atoms with E-state index < -0.39 is 17.8 Å². The van der Waals surface area contributed by atoms with Crippen molar-refractivity contribution in [2.75, 3.05) is 18.5 Å². The number of benzene rings is 1. The molecular weight excluding hydrogens is 621 g/mol. The molecule has 7 nitrogen and oxygen atoms in total. The summed E-state index contributed by atoms with van der Waals surface area (Å²) in [6.45, 7) is -0.264. The third kappa shape index (κ3) is 3.58. The normalized spacial score (nSPS) is 10.3. The van der Waals surface area contributed by atoms with Gasteiger partial charge in [-0.1, -0.05) is 0 Å². The first-order chi connectivity index (χ1) is 9.64. The first kappa shape index (κ1) is 18.8. The van der Waals surface area contributed by atoms with E-state index in [2.05, 4.69) is 0 Å². The number of aromatic carboxylic acids is 2. The Bertz CT molecular complexity index is 606. The molecule has 114 valence electrons. The summed E-state index contributed by atoms with van der Waals surface area (Å²) in [4.78, 5) is 35.8. The van der Waals surface area contributed by atoms with E-state index in [0.29, 0.717) is 7.14 Å². The van der Waals surface area contributed by atoms with Crippen LogP contribution in [0.25, 0.3) is 0 Å². The largest absolute Gasteiger partial charge is 0.478 e. The fraction of sp³-hybridized carbons (Fsp3) is 0.182. The number of carbonyl (C=O) groups excluding carboxylic acids is 1. The third-order valence-corrected chi connectivity index (χ3v) is 5.78. The molecule has 1 aromatic rings. The van der Waals surface area contributed by atoms with E-state index in [1.165, 1.54) is 11.9 Å². The van der Waals surface area contributed by atoms with E-state index >= 15 is 0 Å². The number of carboxylic acids is 2. The number of carbonyl (C=O) groups is 3. The maximum Gasteiger partial charge on any atom is 0.337 e. The molecule has 0 radical (unpaired) electrons. The van der Waals surface area contributed by atoms with Gasteiger partial charge in [-0.05, 0) is 67.8 Å². The highest BCUT2D eigenvalue weighted by Crippen LogP contribution is 2.37. The maximum absolute atomic E-state index is 11.8. The summed E-state index contributed by atoms with van der Waals surface area (Å²) in [5.41, 5.74) is 5.27. The summed E-state index contributed by atoms with van der Waals surface area (Å²) in [7, 11) is 1.43. The molecule has 0 bridgehead atoms. The Balaban J connectivity index is 3.84. The number of nitrogens with zero attached hydrogens (tertiary/aromatic N) is 1. The molecule has 10 heteroatoms. The van der Waals surface area contributed by atoms with Crippen LogP contribution in [-0.2, 0) is 4.79 Å². The lowest BCUT2D eigenvalue weighted by Gasteiger charge is -2.23. The molecule has 21 heavy (non-hydrogen) atoms. The topological polar surface area (TPSA) is 121 Å². The predicted octanol–water partition coefficient (Wildman–Crippen LogP) is 1.82. The Morgan fingerprint density at radius 2 is 1.38 bits per heavy atom. The standard InChI is InChI=1S/C11H9I3N2O5/c1-16(3(17)2-15)9-7(13)4(10(18)19)6(12)5(8(9)14)11(20)21/h2,15H2,1H3,(H,18,19)(H,20,21). The van der Waals surface area contributed by atoms with Crippen LogP contribution in [0.4, 0.5) is 5.69 Å². The highest BCUT2D eigenvalue weighted by atomic mass is 127. The summed E-state index contributed by atoms with van der Waals surface area (Å²) in [6.07, 6.45) is 0. The quantitative estimate of drug-likeness (QED) is 0.437. The lowest BCUT2D eigenvalue weighted by Crippen LogP contribution is -2.34. The molecule has 0 spiro atoms. The van der Waals surface area contributed by atoms with E-state index in [0.717, 1.165) is 0 Å². The van der Waals surface area contributed by atoms with E-state index in [1.54, 1.807) is 67.8 Å². The van der Waals surface area contributed by atoms with Gasteiger partial charge in [0.15, 0.2) is 0 Å². The van der Waals surface area contributed by atoms with Gasteiger partial charge in [-0.3, -0.25) is 4.79 Å². The number of carboxylic acid groups (broad SMARTS) is 2. The van der Waals surface area contributed by atoms with Crippen molar-refractivity contribution in [3.8, 4) is 0 Å². The van der Waals surface area contributed by atoms with E-state index in [-0.39, 0.29) is 26.9 Å². The van der Waals surface area contributed by atoms with Crippen molar-refractivity contribution in [1.29, 1.82) is 0 Å². The number of hydrogen-bond donors (Lipinski definition) is 3. The molecule has 0 aliphatic carbocycles. The Morgan fingerprint density at radius 3 is 1.67 bits per heavy atom. The SMILES string of the molecule is CN(C(=O)CN)c1c(I)c(C(=O)O)c(I)c(C(=O)O)c1I. The van der Waals surface area contributed by atoms with Gasteiger partial charge in [0.25, 0.3) is 0 Å². The maximum atomic E-state index is 11.8. The minimum absolute atomic E-state index is 0.124. The van der Waals surface area contributed by atoms with Gasteiger partial charge in [0.1, 0.15) is 0 Å². The molecule has 0 fully saturated rings. The fourth-order valence-electron chi connectivity index (χ4n) is 1.58. The molecule has 1 aromatic carbocycles. The van der Waals surface area contributed by atoms with Gasteiger partial charge in [0, 0.05) is 10.6 Å². The minimum Gasteiger partial charge on any atom is -0.478 e. The summed E-state index contributed by atoms with van der Waals surface area (Å²) in [6, 6.07) is 0. The van der Waals surface area contributed by atoms with Crippen molar-refractivity contribution in [3.63, 3.8) is 0 Å². The highest BCUT2D eigenvalue weighted by Gasteiger charge is 2.30. The Labute approximate surface area is 160 Å². The van der Waals surface area contributed by atoms with Crippen LogP contribution in [0.15, 0.2) is 0 Å². The summed E-state index contributed by atoms with van der Waals surface area (Å²) in [5, 5.41) is 18.6. The molecule has 0 saturated heterocycles. The van der Waals surface area contributed by atoms with Crippen LogP contribution in [-0.4, -0.2) is 41.7 Å². The van der Waals surface area contributed by atoms with Crippen molar-refractivity contribution >= 4 is 91.3 Å². The summed E-state index contributed by atoms with van der Waals surface area (Å²) >= 11 is 5.28. The van der Waals surface area contributed by atoms with E-state index in [1.807, 2.05) is 0 Å². The number of halogens is 3. The average molecular weight is 630 g/mol. The third-order valence-electron chi connectivity index (χ3n) is 2.61. The van der Waals surface area contributed by atoms with Crippen molar-refractivity contribution < 1.29 is 24.6 Å². The number of amides is 1. The molecule has 4 N–H and O–H groups in total. The molecule has 0 aliphatic heterocycles. The lowest BCUT2D eigenvalue weighted by atomic mass is 10.1. The smallest absolute Gasteiger partial charge is 0.337 e. The second kappa shape index (κ2) is 7.36. The number of hydrogen-bond acceptors (Lipinski definition) is 4. The van der Waals surface area contributed by atoms with Crippen LogP contribution in [0.5, 0.6) is 0 Å². The zero-order chi connectivity index (χ0) is 16.5. The lowest BCUT2D eigenvalue weighted by molar-refractivity contribution is -0.117. The Kier molecular flexibility index (Phi) is 6.60. The minimum atomic E-state index is -1.25. The molecule has 0 aliphatic rings. The van der Waals surface area contributed by atoms with Crippen LogP contribution in [0.2, 0.25) is 0 Å². The van der Waals surface area contributed by atoms with E-state index in [9.17, 15) is 24.6 Å². The first-order valence-corrected chi connectivity index (χ1v) is 8.52. The zero-order valence-corrected chi connectivity index (χ0v) is 17.0. The first-order valence-electron chi connectivity index (χ1n) is 5.28. The number of rotatable bonds is 4. The molecule has 1 rings (SSSR count). The summed E-state index contributed by atoms with van der Waals surface area (Å²) in [5.74, 6) is -2.95. The number of likely N-dealkylation sites (N-methyl/N-ethyl adjacent to an activating group) is 1. The average Bonchev–Trinajstić information content (AvgIpc) is 2.36. The molecule has 0 heterocycles. The van der Waals surface area contributed by atoms with Crippen molar-refractivity contribution in [2.45, 2.75) is 0 Å². The van der Waals surface area contributed by atoms with Crippen molar-refractivity contribution in [3.05, 3.63) is 21.8 Å². The molecule has 0 saturated carbocycles. The van der Waals surface area contributed by atoms with Crippen LogP contribution < -0.4 is 10.6 Å². The van der Waals surface area contributed by atoms with Crippen LogP contribution in [0, 0.1) is 10.7 Å². The zero-order valence-electron chi connectivity index (χ0n) is 10.5. The van der Waals surface area contributed by atoms with Gasteiger partial charge in [0.05, 0.1) is 30.5 Å². The highest BCUT2D eigenvalue weighted by molar-refractivity contribution is 14.1. The predicted molar refractivity (Wildman–Crippen MR) is 101 cm³/mol. The number of nitrogens with two attached hydrogens (primary N) is 1. The number of anilines is 1. The van der Waals surface area contributed by atoms with Crippen LogP contribution in [0.3, 0.4) is 0 Å². The fourth-order valence-corrected chi connectivity index (χ4v) is 6.40. The summed E-state index contributed by atoms with van der Waals surface area (Å²) < 4.78 is 0.713. The van der Waals surface area contributed by atoms with Gasteiger partial charge in [0.2, 0.25) is 5.91 Å². The Hall–Kier alpha value is -0.220. The van der Waals surface area contributed by atoms with Crippen LogP contribution in [0.1, 0.15) is 20.7 Å². The molecule has 0 unspecified atom stereocenters.